The van der Waals surface area contributed by atoms with Crippen LogP contribution in [0.3, 0.4) is 0 Å². The van der Waals surface area contributed by atoms with E-state index in [1.807, 2.05) is 13.8 Å². The molecule has 37 heavy (non-hydrogen) atoms. The monoisotopic (exact) mass is 545 g/mol. The average Bonchev–Trinajstić information content (AvgIpc) is 2.88. The number of benzene rings is 2. The lowest BCUT2D eigenvalue weighted by Gasteiger charge is -2.14. The summed E-state index contributed by atoms with van der Waals surface area (Å²) in [7, 11) is -1.23. The van der Waals surface area contributed by atoms with Gasteiger partial charge in [0.2, 0.25) is 5.88 Å². The fourth-order valence-corrected chi connectivity index (χ4v) is 4.13. The van der Waals surface area contributed by atoms with Crippen LogP contribution in [-0.4, -0.2) is 49.7 Å². The van der Waals surface area contributed by atoms with Crippen LogP contribution in [-0.2, 0) is 10.0 Å². The van der Waals surface area contributed by atoms with Crippen LogP contribution in [0.15, 0.2) is 59.5 Å². The van der Waals surface area contributed by atoms with Gasteiger partial charge in [0.25, 0.3) is 15.9 Å². The molecule has 0 saturated carbocycles. The van der Waals surface area contributed by atoms with E-state index in [0.29, 0.717) is 17.0 Å². The Hall–Kier alpha value is -3.97. The number of aromatic nitrogens is 2. The van der Waals surface area contributed by atoms with Crippen molar-refractivity contribution in [2.45, 2.75) is 31.3 Å². The second-order valence-electron chi connectivity index (χ2n) is 7.68. The van der Waals surface area contributed by atoms with Gasteiger partial charge in [-0.25, -0.2) is 8.42 Å². The Kier molecular flexibility index (Phi) is 9.20. The molecule has 0 aliphatic carbocycles. The standard InChI is InChI=1S/C24H27N5O6S2/c1-5-15(2)35-18-8-6-7-16(13-18)22(30)28-24(36)25-17-9-11-19(12-10-17)37(31,32)29-20-14-21(33-3)27-23(26-20)34-4/h6-15H,5H2,1-4H3,(H,26,27,29)(H2,25,28,30,36). The molecule has 0 saturated heterocycles. The largest absolute Gasteiger partial charge is 0.491 e. The highest BCUT2D eigenvalue weighted by Gasteiger charge is 2.17. The number of carbonyl (C=O) groups is 1. The van der Waals surface area contributed by atoms with Crippen molar-refractivity contribution < 1.29 is 27.4 Å². The van der Waals surface area contributed by atoms with Crippen molar-refractivity contribution in [2.24, 2.45) is 0 Å². The van der Waals surface area contributed by atoms with E-state index in [-0.39, 0.29) is 33.8 Å². The lowest BCUT2D eigenvalue weighted by Crippen LogP contribution is -2.34. The van der Waals surface area contributed by atoms with Crippen molar-refractivity contribution in [3.8, 4) is 17.6 Å². The van der Waals surface area contributed by atoms with Gasteiger partial charge < -0.3 is 19.5 Å². The molecule has 1 aromatic heterocycles. The maximum atomic E-state index is 12.8. The van der Waals surface area contributed by atoms with Crippen LogP contribution < -0.4 is 29.6 Å². The summed E-state index contributed by atoms with van der Waals surface area (Å²) in [4.78, 5) is 20.5. The number of sulfonamides is 1. The molecule has 11 nitrogen and oxygen atoms in total. The topological polar surface area (TPSA) is 141 Å². The van der Waals surface area contributed by atoms with Gasteiger partial charge in [-0.05, 0) is 68.0 Å². The van der Waals surface area contributed by atoms with Crippen LogP contribution in [0.5, 0.6) is 17.6 Å². The third kappa shape index (κ3) is 7.75. The lowest BCUT2D eigenvalue weighted by atomic mass is 10.2. The highest BCUT2D eigenvalue weighted by atomic mass is 32.2. The Bertz CT molecular complexity index is 1340. The van der Waals surface area contributed by atoms with Gasteiger partial charge in [-0.1, -0.05) is 13.0 Å². The summed E-state index contributed by atoms with van der Waals surface area (Å²) in [5, 5.41) is 5.50. The first-order valence-electron chi connectivity index (χ1n) is 11.1. The minimum atomic E-state index is -3.97. The zero-order valence-corrected chi connectivity index (χ0v) is 22.3. The quantitative estimate of drug-likeness (QED) is 0.324. The van der Waals surface area contributed by atoms with E-state index in [2.05, 4.69) is 25.3 Å². The van der Waals surface area contributed by atoms with E-state index in [9.17, 15) is 13.2 Å². The van der Waals surface area contributed by atoms with Crippen molar-refractivity contribution in [1.82, 2.24) is 15.3 Å². The highest BCUT2D eigenvalue weighted by molar-refractivity contribution is 7.92. The second-order valence-corrected chi connectivity index (χ2v) is 9.78. The molecule has 0 bridgehead atoms. The molecule has 3 aromatic rings. The van der Waals surface area contributed by atoms with Crippen LogP contribution in [0.25, 0.3) is 0 Å². The number of rotatable bonds is 10. The van der Waals surface area contributed by atoms with Crippen LogP contribution in [0.2, 0.25) is 0 Å². The zero-order chi connectivity index (χ0) is 27.0. The van der Waals surface area contributed by atoms with Crippen molar-refractivity contribution in [1.29, 1.82) is 0 Å². The molecule has 1 heterocycles. The number of hydrogen-bond donors (Lipinski definition) is 3. The summed E-state index contributed by atoms with van der Waals surface area (Å²) in [6, 6.07) is 13.8. The molecule has 3 rings (SSSR count). The van der Waals surface area contributed by atoms with Gasteiger partial charge in [0.05, 0.1) is 25.2 Å². The number of anilines is 2. The molecule has 196 valence electrons. The Balaban J connectivity index is 1.63. The molecule has 13 heteroatoms. The number of thiocarbonyl (C=S) groups is 1. The van der Waals surface area contributed by atoms with Gasteiger partial charge in [-0.2, -0.15) is 9.97 Å². The Morgan fingerprint density at radius 3 is 2.43 bits per heavy atom. The number of nitrogens with one attached hydrogen (secondary N) is 3. The smallest absolute Gasteiger partial charge is 0.321 e. The van der Waals surface area contributed by atoms with Gasteiger partial charge in [-0.3, -0.25) is 14.8 Å². The molecule has 1 unspecified atom stereocenters. The average molecular weight is 546 g/mol. The Morgan fingerprint density at radius 1 is 1.05 bits per heavy atom. The molecule has 1 amide bonds. The van der Waals surface area contributed by atoms with Crippen LogP contribution >= 0.6 is 12.2 Å². The van der Waals surface area contributed by atoms with Crippen LogP contribution in [0.4, 0.5) is 11.5 Å². The van der Waals surface area contributed by atoms with Crippen LogP contribution in [0, 0.1) is 0 Å². The van der Waals surface area contributed by atoms with E-state index in [1.165, 1.54) is 44.6 Å². The van der Waals surface area contributed by atoms with Crippen molar-refractivity contribution in [2.75, 3.05) is 24.3 Å². The fraction of sp³-hybridized carbons (Fsp3) is 0.250. The molecular weight excluding hydrogens is 518 g/mol. The summed E-state index contributed by atoms with van der Waals surface area (Å²) in [6.45, 7) is 3.96. The van der Waals surface area contributed by atoms with E-state index in [0.717, 1.165) is 6.42 Å². The van der Waals surface area contributed by atoms with Crippen LogP contribution in [0.1, 0.15) is 30.6 Å². The molecule has 2 aromatic carbocycles. The third-order valence-corrected chi connectivity index (χ3v) is 6.55. The molecule has 0 radical (unpaired) electrons. The number of methoxy groups -OCH3 is 2. The number of nitrogens with zero attached hydrogens (tertiary/aromatic N) is 2. The van der Waals surface area contributed by atoms with Gasteiger partial charge in [0.15, 0.2) is 10.9 Å². The normalized spacial score (nSPS) is 11.7. The first-order chi connectivity index (χ1) is 17.6. The maximum Gasteiger partial charge on any atom is 0.321 e. The first-order valence-corrected chi connectivity index (χ1v) is 13.0. The maximum absolute atomic E-state index is 12.8. The van der Waals surface area contributed by atoms with Crippen molar-refractivity contribution in [3.05, 3.63) is 60.2 Å². The minimum absolute atomic E-state index is 0.0200. The Labute approximate surface area is 220 Å². The molecule has 1 atom stereocenters. The molecule has 0 fully saturated rings. The van der Waals surface area contributed by atoms with E-state index in [1.54, 1.807) is 24.3 Å². The predicted molar refractivity (Wildman–Crippen MR) is 143 cm³/mol. The molecule has 3 N–H and O–H groups in total. The minimum Gasteiger partial charge on any atom is -0.491 e. The molecular formula is C24H27N5O6S2. The summed E-state index contributed by atoms with van der Waals surface area (Å²) in [6.07, 6.45) is 0.861. The number of hydrogen-bond acceptors (Lipinski definition) is 9. The van der Waals surface area contributed by atoms with Gasteiger partial charge in [-0.15, -0.1) is 0 Å². The van der Waals surface area contributed by atoms with E-state index < -0.39 is 15.9 Å². The highest BCUT2D eigenvalue weighted by Crippen LogP contribution is 2.22. The third-order valence-electron chi connectivity index (χ3n) is 4.97. The lowest BCUT2D eigenvalue weighted by molar-refractivity contribution is 0.0977. The number of carbonyl (C=O) groups excluding carboxylic acids is 1. The molecule has 0 spiro atoms. The fourth-order valence-electron chi connectivity index (χ4n) is 2.93. The van der Waals surface area contributed by atoms with Crippen molar-refractivity contribution in [3.63, 3.8) is 0 Å². The number of ether oxygens (including phenoxy) is 3. The van der Waals surface area contributed by atoms with E-state index in [4.69, 9.17) is 26.4 Å². The van der Waals surface area contributed by atoms with Crippen molar-refractivity contribution >= 4 is 44.8 Å². The van der Waals surface area contributed by atoms with Gasteiger partial charge >= 0.3 is 6.01 Å². The summed E-state index contributed by atoms with van der Waals surface area (Å²) >= 11 is 5.23. The summed E-state index contributed by atoms with van der Waals surface area (Å²) in [5.74, 6) is 0.291. The number of amides is 1. The SMILES string of the molecule is CCC(C)Oc1cccc(C(=O)NC(=S)Nc2ccc(S(=O)(=O)Nc3cc(OC)nc(OC)n3)cc2)c1. The first kappa shape index (κ1) is 27.6. The molecule has 0 aliphatic rings. The molecule has 0 aliphatic heterocycles. The predicted octanol–water partition coefficient (Wildman–Crippen LogP) is 3.60. The van der Waals surface area contributed by atoms with Gasteiger partial charge in [0.1, 0.15) is 5.75 Å². The summed E-state index contributed by atoms with van der Waals surface area (Å²) < 4.78 is 43.7. The second kappa shape index (κ2) is 12.3. The van der Waals surface area contributed by atoms with Gasteiger partial charge in [0, 0.05) is 17.3 Å². The Morgan fingerprint density at radius 2 is 1.78 bits per heavy atom. The zero-order valence-electron chi connectivity index (χ0n) is 20.6. The summed E-state index contributed by atoms with van der Waals surface area (Å²) in [5.41, 5.74) is 0.860. The van der Waals surface area contributed by atoms with E-state index >= 15 is 0 Å².